The standard InChI is InChI=1S/C17H24N2/c1-4-17-18-16(13-19(17)14(2)3)12-8-11-15-9-6-5-7-10-15/h5-7,9-10,13-14H,4,8,11-12H2,1-3H3. The molecule has 2 nitrogen and oxygen atoms in total. The van der Waals surface area contributed by atoms with E-state index in [9.17, 15) is 0 Å². The smallest absolute Gasteiger partial charge is 0.108 e. The predicted molar refractivity (Wildman–Crippen MR) is 80.5 cm³/mol. The van der Waals surface area contributed by atoms with Gasteiger partial charge in [0.25, 0.3) is 0 Å². The van der Waals surface area contributed by atoms with Crippen molar-refractivity contribution in [3.8, 4) is 0 Å². The van der Waals surface area contributed by atoms with E-state index >= 15 is 0 Å². The number of benzene rings is 1. The Balaban J connectivity index is 1.93. The van der Waals surface area contributed by atoms with Crippen LogP contribution >= 0.6 is 0 Å². The molecule has 0 fully saturated rings. The highest BCUT2D eigenvalue weighted by Gasteiger charge is 2.08. The van der Waals surface area contributed by atoms with Crippen molar-refractivity contribution >= 4 is 0 Å². The number of hydrogen-bond donors (Lipinski definition) is 0. The minimum absolute atomic E-state index is 0.505. The Morgan fingerprint density at radius 3 is 2.42 bits per heavy atom. The van der Waals surface area contributed by atoms with E-state index < -0.39 is 0 Å². The Bertz CT molecular complexity index is 497. The lowest BCUT2D eigenvalue weighted by Crippen LogP contribution is -2.03. The normalized spacial score (nSPS) is 11.2. The van der Waals surface area contributed by atoms with Crippen molar-refractivity contribution in [2.24, 2.45) is 0 Å². The van der Waals surface area contributed by atoms with Gasteiger partial charge in [-0.05, 0) is 38.7 Å². The summed E-state index contributed by atoms with van der Waals surface area (Å²) < 4.78 is 2.30. The lowest BCUT2D eigenvalue weighted by molar-refractivity contribution is 0.571. The number of aryl methyl sites for hydroxylation is 3. The van der Waals surface area contributed by atoms with Crippen molar-refractivity contribution in [2.45, 2.75) is 52.5 Å². The predicted octanol–water partition coefficient (Wildman–Crippen LogP) is 4.20. The maximum absolute atomic E-state index is 4.74. The third kappa shape index (κ3) is 3.69. The summed E-state index contributed by atoms with van der Waals surface area (Å²) in [4.78, 5) is 4.74. The summed E-state index contributed by atoms with van der Waals surface area (Å²) in [6.45, 7) is 6.61. The molecular weight excluding hydrogens is 232 g/mol. The van der Waals surface area contributed by atoms with Crippen molar-refractivity contribution in [3.63, 3.8) is 0 Å². The van der Waals surface area contributed by atoms with Gasteiger partial charge < -0.3 is 4.57 Å². The Labute approximate surface area is 116 Å². The first-order chi connectivity index (χ1) is 9.20. The molecule has 0 atom stereocenters. The molecule has 1 heterocycles. The summed E-state index contributed by atoms with van der Waals surface area (Å²) in [5, 5.41) is 0. The molecule has 0 aliphatic carbocycles. The van der Waals surface area contributed by atoms with Crippen LogP contribution in [-0.2, 0) is 19.3 Å². The maximum atomic E-state index is 4.74. The van der Waals surface area contributed by atoms with Gasteiger partial charge in [0.05, 0.1) is 5.69 Å². The molecular formula is C17H24N2. The van der Waals surface area contributed by atoms with E-state index in [0.717, 1.165) is 19.3 Å². The van der Waals surface area contributed by atoms with Gasteiger partial charge in [0.1, 0.15) is 5.82 Å². The third-order valence-corrected chi connectivity index (χ3v) is 3.47. The topological polar surface area (TPSA) is 17.8 Å². The van der Waals surface area contributed by atoms with Gasteiger partial charge in [-0.25, -0.2) is 4.98 Å². The fourth-order valence-corrected chi connectivity index (χ4v) is 2.43. The molecule has 102 valence electrons. The van der Waals surface area contributed by atoms with Crippen LogP contribution in [0.25, 0.3) is 0 Å². The second kappa shape index (κ2) is 6.55. The van der Waals surface area contributed by atoms with Crippen LogP contribution in [0.15, 0.2) is 36.5 Å². The highest BCUT2D eigenvalue weighted by molar-refractivity contribution is 5.15. The lowest BCUT2D eigenvalue weighted by Gasteiger charge is -2.09. The molecule has 0 amide bonds. The van der Waals surface area contributed by atoms with Gasteiger partial charge in [-0.3, -0.25) is 0 Å². The minimum Gasteiger partial charge on any atom is -0.332 e. The zero-order valence-electron chi connectivity index (χ0n) is 12.3. The van der Waals surface area contributed by atoms with Crippen molar-refractivity contribution in [1.29, 1.82) is 0 Å². The average Bonchev–Trinajstić information content (AvgIpc) is 2.83. The van der Waals surface area contributed by atoms with E-state index in [1.54, 1.807) is 0 Å². The van der Waals surface area contributed by atoms with Crippen LogP contribution in [0.4, 0.5) is 0 Å². The van der Waals surface area contributed by atoms with E-state index in [0.29, 0.717) is 6.04 Å². The van der Waals surface area contributed by atoms with Gasteiger partial charge in [0, 0.05) is 18.7 Å². The first-order valence-electron chi connectivity index (χ1n) is 7.31. The Morgan fingerprint density at radius 2 is 1.84 bits per heavy atom. The summed E-state index contributed by atoms with van der Waals surface area (Å²) in [7, 11) is 0. The molecule has 19 heavy (non-hydrogen) atoms. The quantitative estimate of drug-likeness (QED) is 0.757. The summed E-state index contributed by atoms with van der Waals surface area (Å²) in [5.41, 5.74) is 2.66. The molecule has 0 radical (unpaired) electrons. The molecule has 0 N–H and O–H groups in total. The SMILES string of the molecule is CCc1nc(CCCc2ccccc2)cn1C(C)C. The van der Waals surface area contributed by atoms with Gasteiger partial charge >= 0.3 is 0 Å². The molecule has 2 heteroatoms. The van der Waals surface area contributed by atoms with E-state index in [2.05, 4.69) is 61.9 Å². The fourth-order valence-electron chi connectivity index (χ4n) is 2.43. The molecule has 0 saturated carbocycles. The van der Waals surface area contributed by atoms with Crippen LogP contribution in [0, 0.1) is 0 Å². The van der Waals surface area contributed by atoms with Gasteiger partial charge in [0.15, 0.2) is 0 Å². The first kappa shape index (κ1) is 13.9. The van der Waals surface area contributed by atoms with Crippen molar-refractivity contribution in [1.82, 2.24) is 9.55 Å². The Hall–Kier alpha value is -1.57. The molecule has 0 aliphatic heterocycles. The summed E-state index contributed by atoms with van der Waals surface area (Å²) in [6.07, 6.45) is 6.62. The minimum atomic E-state index is 0.505. The highest BCUT2D eigenvalue weighted by Crippen LogP contribution is 2.14. The Morgan fingerprint density at radius 1 is 1.11 bits per heavy atom. The van der Waals surface area contributed by atoms with E-state index in [4.69, 9.17) is 4.98 Å². The van der Waals surface area contributed by atoms with Crippen molar-refractivity contribution < 1.29 is 0 Å². The van der Waals surface area contributed by atoms with Crippen molar-refractivity contribution in [2.75, 3.05) is 0 Å². The number of rotatable bonds is 6. The van der Waals surface area contributed by atoms with Crippen LogP contribution < -0.4 is 0 Å². The molecule has 0 aliphatic rings. The largest absolute Gasteiger partial charge is 0.332 e. The highest BCUT2D eigenvalue weighted by atomic mass is 15.1. The van der Waals surface area contributed by atoms with Crippen LogP contribution in [0.5, 0.6) is 0 Å². The van der Waals surface area contributed by atoms with Crippen LogP contribution in [0.3, 0.4) is 0 Å². The van der Waals surface area contributed by atoms with Crippen molar-refractivity contribution in [3.05, 3.63) is 53.6 Å². The summed E-state index contributed by atoms with van der Waals surface area (Å²) >= 11 is 0. The van der Waals surface area contributed by atoms with E-state index in [1.165, 1.54) is 23.5 Å². The van der Waals surface area contributed by atoms with Crippen LogP contribution in [0.1, 0.15) is 50.3 Å². The monoisotopic (exact) mass is 256 g/mol. The number of nitrogens with zero attached hydrogens (tertiary/aromatic N) is 2. The van der Waals surface area contributed by atoms with Crippen LogP contribution in [-0.4, -0.2) is 9.55 Å². The van der Waals surface area contributed by atoms with Crippen LogP contribution in [0.2, 0.25) is 0 Å². The van der Waals surface area contributed by atoms with Gasteiger partial charge in [0.2, 0.25) is 0 Å². The second-order valence-corrected chi connectivity index (χ2v) is 5.34. The molecule has 2 aromatic rings. The first-order valence-corrected chi connectivity index (χ1v) is 7.31. The number of aromatic nitrogens is 2. The van der Waals surface area contributed by atoms with E-state index in [-0.39, 0.29) is 0 Å². The number of imidazole rings is 1. The van der Waals surface area contributed by atoms with Gasteiger partial charge in [-0.2, -0.15) is 0 Å². The molecule has 0 saturated heterocycles. The second-order valence-electron chi connectivity index (χ2n) is 5.34. The zero-order chi connectivity index (χ0) is 13.7. The lowest BCUT2D eigenvalue weighted by atomic mass is 10.1. The molecule has 0 spiro atoms. The average molecular weight is 256 g/mol. The molecule has 0 unspecified atom stereocenters. The molecule has 0 bridgehead atoms. The Kier molecular flexibility index (Phi) is 4.78. The third-order valence-electron chi connectivity index (χ3n) is 3.47. The maximum Gasteiger partial charge on any atom is 0.108 e. The molecule has 1 aromatic carbocycles. The molecule has 1 aromatic heterocycles. The summed E-state index contributed by atoms with van der Waals surface area (Å²) in [6, 6.07) is 11.2. The summed E-state index contributed by atoms with van der Waals surface area (Å²) in [5.74, 6) is 1.21. The number of hydrogen-bond acceptors (Lipinski definition) is 1. The van der Waals surface area contributed by atoms with E-state index in [1.807, 2.05) is 0 Å². The fraction of sp³-hybridized carbons (Fsp3) is 0.471. The zero-order valence-corrected chi connectivity index (χ0v) is 12.3. The van der Waals surface area contributed by atoms with Gasteiger partial charge in [-0.1, -0.05) is 37.3 Å². The molecule has 2 rings (SSSR count). The van der Waals surface area contributed by atoms with Gasteiger partial charge in [-0.15, -0.1) is 0 Å².